The topological polar surface area (TPSA) is 24.9 Å². The lowest BCUT2D eigenvalue weighted by Gasteiger charge is -2.11. The van der Waals surface area contributed by atoms with Crippen molar-refractivity contribution in [3.63, 3.8) is 0 Å². The van der Waals surface area contributed by atoms with Gasteiger partial charge in [-0.25, -0.2) is 4.98 Å². The van der Waals surface area contributed by atoms with Gasteiger partial charge in [0.2, 0.25) is 0 Å². The number of nitrogens with zero attached hydrogens (tertiary/aromatic N) is 1. The fraction of sp³-hybridized carbons (Fsp3) is 0.786. The van der Waals surface area contributed by atoms with Gasteiger partial charge in [0.05, 0.1) is 10.7 Å². The summed E-state index contributed by atoms with van der Waals surface area (Å²) in [6.07, 6.45) is 6.51. The largest absolute Gasteiger partial charge is 0.314 e. The third-order valence-corrected chi connectivity index (χ3v) is 4.86. The van der Waals surface area contributed by atoms with Crippen molar-refractivity contribution in [3.8, 4) is 0 Å². The summed E-state index contributed by atoms with van der Waals surface area (Å²) in [5.74, 6) is 0.856. The van der Waals surface area contributed by atoms with Gasteiger partial charge in [-0.2, -0.15) is 0 Å². The highest BCUT2D eigenvalue weighted by Crippen LogP contribution is 2.30. The summed E-state index contributed by atoms with van der Waals surface area (Å²) in [7, 11) is 0. The zero-order valence-electron chi connectivity index (χ0n) is 11.3. The van der Waals surface area contributed by atoms with Gasteiger partial charge in [-0.15, -0.1) is 11.3 Å². The summed E-state index contributed by atoms with van der Waals surface area (Å²) in [5.41, 5.74) is 1.23. The SMILES string of the molecule is CCCNC1CCC(Cc2nc(C)c(C)s2)C1. The van der Waals surface area contributed by atoms with E-state index < -0.39 is 0 Å². The molecule has 0 bridgehead atoms. The van der Waals surface area contributed by atoms with E-state index in [0.29, 0.717) is 0 Å². The maximum absolute atomic E-state index is 4.66. The second-order valence-electron chi connectivity index (χ2n) is 5.28. The Morgan fingerprint density at radius 3 is 2.82 bits per heavy atom. The molecule has 1 aliphatic rings. The molecule has 96 valence electrons. The maximum Gasteiger partial charge on any atom is 0.0933 e. The Morgan fingerprint density at radius 2 is 2.18 bits per heavy atom. The smallest absolute Gasteiger partial charge is 0.0933 e. The predicted molar refractivity (Wildman–Crippen MR) is 74.7 cm³/mol. The van der Waals surface area contributed by atoms with E-state index in [4.69, 9.17) is 0 Å². The molecule has 0 saturated heterocycles. The van der Waals surface area contributed by atoms with Crippen molar-refractivity contribution in [1.82, 2.24) is 10.3 Å². The molecule has 2 unspecified atom stereocenters. The van der Waals surface area contributed by atoms with Gasteiger partial charge in [-0.05, 0) is 52.0 Å². The molecule has 0 aromatic carbocycles. The molecule has 2 rings (SSSR count). The maximum atomic E-state index is 4.66. The molecule has 3 heteroatoms. The molecule has 1 saturated carbocycles. The zero-order chi connectivity index (χ0) is 12.3. The number of hydrogen-bond acceptors (Lipinski definition) is 3. The molecule has 2 nitrogen and oxygen atoms in total. The van der Waals surface area contributed by atoms with Crippen LogP contribution in [0.3, 0.4) is 0 Å². The molecular formula is C14H24N2S. The highest BCUT2D eigenvalue weighted by molar-refractivity contribution is 7.11. The van der Waals surface area contributed by atoms with Gasteiger partial charge < -0.3 is 5.32 Å². The first-order valence-corrected chi connectivity index (χ1v) is 7.67. The molecule has 1 aromatic rings. The fourth-order valence-electron chi connectivity index (χ4n) is 2.67. The number of aryl methyl sites for hydroxylation is 2. The van der Waals surface area contributed by atoms with E-state index in [9.17, 15) is 0 Å². The highest BCUT2D eigenvalue weighted by atomic mass is 32.1. The van der Waals surface area contributed by atoms with Crippen molar-refractivity contribution >= 4 is 11.3 Å². The summed E-state index contributed by atoms with van der Waals surface area (Å²) < 4.78 is 0. The van der Waals surface area contributed by atoms with E-state index in [-0.39, 0.29) is 0 Å². The summed E-state index contributed by atoms with van der Waals surface area (Å²) in [4.78, 5) is 6.05. The lowest BCUT2D eigenvalue weighted by atomic mass is 10.0. The third-order valence-electron chi connectivity index (χ3n) is 3.76. The lowest BCUT2D eigenvalue weighted by molar-refractivity contribution is 0.483. The molecule has 0 amide bonds. The molecule has 1 fully saturated rings. The van der Waals surface area contributed by atoms with Gasteiger partial charge in [0, 0.05) is 17.3 Å². The van der Waals surface area contributed by atoms with Gasteiger partial charge >= 0.3 is 0 Å². The summed E-state index contributed by atoms with van der Waals surface area (Å²) in [6.45, 7) is 7.71. The molecule has 1 aliphatic carbocycles. The molecule has 0 aliphatic heterocycles. The van der Waals surface area contributed by atoms with Crippen molar-refractivity contribution in [2.24, 2.45) is 5.92 Å². The molecule has 1 heterocycles. The minimum Gasteiger partial charge on any atom is -0.314 e. The van der Waals surface area contributed by atoms with Crippen molar-refractivity contribution in [2.75, 3.05) is 6.54 Å². The number of rotatable bonds is 5. The second kappa shape index (κ2) is 5.96. The Kier molecular flexibility index (Phi) is 4.57. The highest BCUT2D eigenvalue weighted by Gasteiger charge is 2.25. The Hall–Kier alpha value is -0.410. The van der Waals surface area contributed by atoms with Crippen LogP contribution in [0.1, 0.15) is 48.2 Å². The van der Waals surface area contributed by atoms with Crippen LogP contribution in [0.2, 0.25) is 0 Å². The Bertz CT molecular complexity index is 340. The monoisotopic (exact) mass is 252 g/mol. The first kappa shape index (κ1) is 13.0. The van der Waals surface area contributed by atoms with Gasteiger partial charge in [0.15, 0.2) is 0 Å². The second-order valence-corrected chi connectivity index (χ2v) is 6.57. The van der Waals surface area contributed by atoms with E-state index >= 15 is 0 Å². The van der Waals surface area contributed by atoms with Crippen LogP contribution in [0, 0.1) is 19.8 Å². The van der Waals surface area contributed by atoms with E-state index in [1.165, 1.54) is 54.2 Å². The van der Waals surface area contributed by atoms with Crippen molar-refractivity contribution < 1.29 is 0 Å². The quantitative estimate of drug-likeness (QED) is 0.868. The Balaban J connectivity index is 1.81. The summed E-state index contributed by atoms with van der Waals surface area (Å²) in [5, 5.41) is 4.99. The molecule has 0 spiro atoms. The first-order chi connectivity index (χ1) is 8.19. The summed E-state index contributed by atoms with van der Waals surface area (Å²) >= 11 is 1.89. The van der Waals surface area contributed by atoms with Crippen LogP contribution in [0.5, 0.6) is 0 Å². The van der Waals surface area contributed by atoms with E-state index in [1.54, 1.807) is 0 Å². The van der Waals surface area contributed by atoms with Crippen molar-refractivity contribution in [3.05, 3.63) is 15.6 Å². The third kappa shape index (κ3) is 3.52. The van der Waals surface area contributed by atoms with Gasteiger partial charge in [-0.1, -0.05) is 6.92 Å². The molecule has 2 atom stereocenters. The van der Waals surface area contributed by atoms with E-state index in [0.717, 1.165) is 12.0 Å². The first-order valence-electron chi connectivity index (χ1n) is 6.85. The number of aromatic nitrogens is 1. The van der Waals surface area contributed by atoms with Crippen LogP contribution in [-0.4, -0.2) is 17.6 Å². The molecule has 17 heavy (non-hydrogen) atoms. The molecule has 1 aromatic heterocycles. The van der Waals surface area contributed by atoms with Gasteiger partial charge in [-0.3, -0.25) is 0 Å². The number of thiazole rings is 1. The van der Waals surface area contributed by atoms with E-state index in [2.05, 4.69) is 31.1 Å². The molecule has 1 N–H and O–H groups in total. The van der Waals surface area contributed by atoms with Crippen molar-refractivity contribution in [1.29, 1.82) is 0 Å². The fourth-order valence-corrected chi connectivity index (χ4v) is 3.72. The van der Waals surface area contributed by atoms with E-state index in [1.807, 2.05) is 11.3 Å². The standard InChI is InChI=1S/C14H24N2S/c1-4-7-15-13-6-5-12(8-13)9-14-16-10(2)11(3)17-14/h12-13,15H,4-9H2,1-3H3. The van der Waals surface area contributed by atoms with Gasteiger partial charge in [0.25, 0.3) is 0 Å². The minimum absolute atomic E-state index is 0.766. The summed E-state index contributed by atoms with van der Waals surface area (Å²) in [6, 6.07) is 0.766. The van der Waals surface area contributed by atoms with Crippen LogP contribution >= 0.6 is 11.3 Å². The lowest BCUT2D eigenvalue weighted by Crippen LogP contribution is -2.27. The Morgan fingerprint density at radius 1 is 1.35 bits per heavy atom. The minimum atomic E-state index is 0.766. The van der Waals surface area contributed by atoms with Crippen LogP contribution in [0.4, 0.5) is 0 Å². The number of nitrogens with one attached hydrogen (secondary N) is 1. The average molecular weight is 252 g/mol. The molecule has 0 radical (unpaired) electrons. The van der Waals surface area contributed by atoms with Gasteiger partial charge in [0.1, 0.15) is 0 Å². The van der Waals surface area contributed by atoms with Crippen LogP contribution in [0.25, 0.3) is 0 Å². The number of hydrogen-bond donors (Lipinski definition) is 1. The predicted octanol–water partition coefficient (Wildman–Crippen LogP) is 3.47. The van der Waals surface area contributed by atoms with Crippen molar-refractivity contribution in [2.45, 2.75) is 58.9 Å². The normalized spacial score (nSPS) is 24.4. The van der Waals surface area contributed by atoms with Crippen LogP contribution in [0.15, 0.2) is 0 Å². The van der Waals surface area contributed by atoms with Crippen LogP contribution in [-0.2, 0) is 6.42 Å². The zero-order valence-corrected chi connectivity index (χ0v) is 12.1. The average Bonchev–Trinajstić information content (AvgIpc) is 2.85. The Labute approximate surface area is 109 Å². The molecular weight excluding hydrogens is 228 g/mol. The van der Waals surface area contributed by atoms with Crippen LogP contribution < -0.4 is 5.32 Å².